The molecule has 1 atom stereocenters. The van der Waals surface area contributed by atoms with Gasteiger partial charge in [-0.3, -0.25) is 10.1 Å². The summed E-state index contributed by atoms with van der Waals surface area (Å²) in [5.74, 6) is 0.930. The number of benzene rings is 3. The van der Waals surface area contributed by atoms with Gasteiger partial charge < -0.3 is 9.84 Å². The molecule has 5 nitrogen and oxygen atoms in total. The van der Waals surface area contributed by atoms with Gasteiger partial charge >= 0.3 is 0 Å². The van der Waals surface area contributed by atoms with Gasteiger partial charge in [-0.1, -0.05) is 42.1 Å². The lowest BCUT2D eigenvalue weighted by Gasteiger charge is -2.18. The molecule has 7 heteroatoms. The van der Waals surface area contributed by atoms with Gasteiger partial charge in [0.25, 0.3) is 5.69 Å². The first-order chi connectivity index (χ1) is 13.1. The minimum absolute atomic E-state index is 0.0177. The van der Waals surface area contributed by atoms with Crippen molar-refractivity contribution in [1.29, 1.82) is 0 Å². The van der Waals surface area contributed by atoms with E-state index in [-0.39, 0.29) is 5.69 Å². The zero-order valence-electron chi connectivity index (χ0n) is 14.1. The summed E-state index contributed by atoms with van der Waals surface area (Å²) in [5, 5.41) is 21.6. The molecule has 0 saturated heterocycles. The van der Waals surface area contributed by atoms with Crippen LogP contribution in [0.3, 0.4) is 0 Å². The molecule has 0 aliphatic carbocycles. The Labute approximate surface area is 169 Å². The average Bonchev–Trinajstić information content (AvgIpc) is 2.69. The van der Waals surface area contributed by atoms with Crippen LogP contribution in [0.1, 0.15) is 17.2 Å². The molecule has 0 bridgehead atoms. The summed E-state index contributed by atoms with van der Waals surface area (Å²) in [6, 6.07) is 21.2. The van der Waals surface area contributed by atoms with Gasteiger partial charge in [0.2, 0.25) is 0 Å². The topological polar surface area (TPSA) is 72.6 Å². The molecule has 0 radical (unpaired) electrons. The number of hydrogen-bond acceptors (Lipinski definition) is 5. The predicted octanol–water partition coefficient (Wildman–Crippen LogP) is 5.57. The van der Waals surface area contributed by atoms with Crippen molar-refractivity contribution in [3.05, 3.63) is 98.5 Å². The molecular formula is C20H16BrNO4S. The van der Waals surface area contributed by atoms with Crippen LogP contribution in [0.25, 0.3) is 0 Å². The minimum atomic E-state index is -0.958. The number of halogens is 1. The Morgan fingerprint density at radius 1 is 1.04 bits per heavy atom. The lowest BCUT2D eigenvalue weighted by atomic mass is 10.0. The van der Waals surface area contributed by atoms with E-state index in [0.29, 0.717) is 22.8 Å². The number of ether oxygens (including phenoxy) is 1. The SMILES string of the molecule is O=[N+]([O-])c1ccc(C(O)c2cccc(Br)c2OCSc2ccccc2)cc1. The van der Waals surface area contributed by atoms with Crippen molar-refractivity contribution in [3.8, 4) is 5.75 Å². The monoisotopic (exact) mass is 445 g/mol. The molecule has 138 valence electrons. The molecule has 0 amide bonds. The second kappa shape index (κ2) is 9.03. The summed E-state index contributed by atoms with van der Waals surface area (Å²) in [4.78, 5) is 11.4. The van der Waals surface area contributed by atoms with Gasteiger partial charge in [-0.2, -0.15) is 0 Å². The third-order valence-corrected chi connectivity index (χ3v) is 5.35. The Hall–Kier alpha value is -2.35. The maximum Gasteiger partial charge on any atom is 0.269 e. The summed E-state index contributed by atoms with van der Waals surface area (Å²) in [5.41, 5.74) is 1.13. The fourth-order valence-corrected chi connectivity index (χ4v) is 3.68. The van der Waals surface area contributed by atoms with E-state index < -0.39 is 11.0 Å². The first-order valence-corrected chi connectivity index (χ1v) is 9.85. The maximum absolute atomic E-state index is 10.8. The van der Waals surface area contributed by atoms with Crippen LogP contribution in [0, 0.1) is 10.1 Å². The fraction of sp³-hybridized carbons (Fsp3) is 0.100. The number of thioether (sulfide) groups is 1. The Balaban J connectivity index is 1.78. The highest BCUT2D eigenvalue weighted by Crippen LogP contribution is 2.37. The minimum Gasteiger partial charge on any atom is -0.481 e. The largest absolute Gasteiger partial charge is 0.481 e. The second-order valence-corrected chi connectivity index (χ2v) is 7.48. The molecule has 1 N–H and O–H groups in total. The summed E-state index contributed by atoms with van der Waals surface area (Å²) < 4.78 is 6.66. The third-order valence-electron chi connectivity index (χ3n) is 3.88. The molecule has 27 heavy (non-hydrogen) atoms. The number of aliphatic hydroxyl groups is 1. The molecular weight excluding hydrogens is 430 g/mol. The van der Waals surface area contributed by atoms with Crippen molar-refractivity contribution < 1.29 is 14.8 Å². The highest BCUT2D eigenvalue weighted by atomic mass is 79.9. The number of hydrogen-bond donors (Lipinski definition) is 1. The van der Waals surface area contributed by atoms with Crippen molar-refractivity contribution in [2.24, 2.45) is 0 Å². The highest BCUT2D eigenvalue weighted by molar-refractivity contribution is 9.10. The van der Waals surface area contributed by atoms with E-state index in [4.69, 9.17) is 4.74 Å². The number of nitro groups is 1. The first-order valence-electron chi connectivity index (χ1n) is 8.07. The van der Waals surface area contributed by atoms with E-state index in [1.54, 1.807) is 30.0 Å². The van der Waals surface area contributed by atoms with Crippen LogP contribution in [0.5, 0.6) is 5.75 Å². The van der Waals surface area contributed by atoms with E-state index in [9.17, 15) is 15.2 Å². The van der Waals surface area contributed by atoms with E-state index in [1.807, 2.05) is 42.5 Å². The van der Waals surface area contributed by atoms with Gasteiger partial charge in [0.15, 0.2) is 0 Å². The van der Waals surface area contributed by atoms with Crippen molar-refractivity contribution >= 4 is 33.4 Å². The summed E-state index contributed by atoms with van der Waals surface area (Å²) in [6.45, 7) is 0. The van der Waals surface area contributed by atoms with Gasteiger partial charge in [0.05, 0.1) is 9.40 Å². The number of nitrogens with zero attached hydrogens (tertiary/aromatic N) is 1. The van der Waals surface area contributed by atoms with Crippen LogP contribution in [0.2, 0.25) is 0 Å². The summed E-state index contributed by atoms with van der Waals surface area (Å²) in [6.07, 6.45) is -0.958. The Morgan fingerprint density at radius 2 is 1.74 bits per heavy atom. The molecule has 0 heterocycles. The quantitative estimate of drug-likeness (QED) is 0.222. The number of para-hydroxylation sites is 1. The van der Waals surface area contributed by atoms with Gasteiger partial charge in [0.1, 0.15) is 17.8 Å². The molecule has 3 aromatic carbocycles. The normalized spacial score (nSPS) is 11.8. The first kappa shape index (κ1) is 19.4. The highest BCUT2D eigenvalue weighted by Gasteiger charge is 2.19. The van der Waals surface area contributed by atoms with Crippen molar-refractivity contribution in [1.82, 2.24) is 0 Å². The van der Waals surface area contributed by atoms with Crippen LogP contribution < -0.4 is 4.74 Å². The van der Waals surface area contributed by atoms with Crippen LogP contribution >= 0.6 is 27.7 Å². The molecule has 1 unspecified atom stereocenters. The average molecular weight is 446 g/mol. The molecule has 0 aliphatic rings. The Kier molecular flexibility index (Phi) is 6.49. The zero-order valence-corrected chi connectivity index (χ0v) is 16.5. The fourth-order valence-electron chi connectivity index (χ4n) is 2.52. The molecule has 3 rings (SSSR count). The molecule has 3 aromatic rings. The zero-order chi connectivity index (χ0) is 19.2. The van der Waals surface area contributed by atoms with E-state index in [0.717, 1.165) is 9.37 Å². The summed E-state index contributed by atoms with van der Waals surface area (Å²) in [7, 11) is 0. The number of rotatable bonds is 7. The molecule has 0 spiro atoms. The molecule has 0 fully saturated rings. The number of non-ortho nitro benzene ring substituents is 1. The third kappa shape index (κ3) is 4.88. The van der Waals surface area contributed by atoms with Gasteiger partial charge in [-0.05, 0) is 51.8 Å². The van der Waals surface area contributed by atoms with Crippen molar-refractivity contribution in [2.75, 3.05) is 5.94 Å². The van der Waals surface area contributed by atoms with Crippen LogP contribution in [-0.2, 0) is 0 Å². The Morgan fingerprint density at radius 3 is 2.41 bits per heavy atom. The van der Waals surface area contributed by atoms with Gasteiger partial charge in [-0.25, -0.2) is 0 Å². The molecule has 0 aliphatic heterocycles. The van der Waals surface area contributed by atoms with Crippen molar-refractivity contribution in [2.45, 2.75) is 11.0 Å². The smallest absolute Gasteiger partial charge is 0.269 e. The van der Waals surface area contributed by atoms with Crippen LogP contribution in [0.15, 0.2) is 82.2 Å². The van der Waals surface area contributed by atoms with Gasteiger partial charge in [-0.15, -0.1) is 0 Å². The van der Waals surface area contributed by atoms with E-state index in [1.165, 1.54) is 12.1 Å². The van der Waals surface area contributed by atoms with Crippen LogP contribution in [-0.4, -0.2) is 16.0 Å². The summed E-state index contributed by atoms with van der Waals surface area (Å²) >= 11 is 5.02. The Bertz CT molecular complexity index is 919. The van der Waals surface area contributed by atoms with E-state index >= 15 is 0 Å². The van der Waals surface area contributed by atoms with Crippen LogP contribution in [0.4, 0.5) is 5.69 Å². The lowest BCUT2D eigenvalue weighted by Crippen LogP contribution is -2.05. The standard InChI is InChI=1S/C20H16BrNO4S/c21-18-8-4-7-17(19(23)14-9-11-15(12-10-14)22(24)25)20(18)26-13-27-16-5-2-1-3-6-16/h1-12,19,23H,13H2. The molecule has 0 aromatic heterocycles. The number of nitro benzene ring substituents is 1. The van der Waals surface area contributed by atoms with Crippen molar-refractivity contribution in [3.63, 3.8) is 0 Å². The van der Waals surface area contributed by atoms with Gasteiger partial charge in [0, 0.05) is 22.6 Å². The number of aliphatic hydroxyl groups excluding tert-OH is 1. The second-order valence-electron chi connectivity index (χ2n) is 5.63. The predicted molar refractivity (Wildman–Crippen MR) is 109 cm³/mol. The van der Waals surface area contributed by atoms with E-state index in [2.05, 4.69) is 15.9 Å². The maximum atomic E-state index is 10.8. The lowest BCUT2D eigenvalue weighted by molar-refractivity contribution is -0.384. The molecule has 0 saturated carbocycles.